The van der Waals surface area contributed by atoms with Crippen LogP contribution < -0.4 is 4.74 Å². The molecule has 1 fully saturated rings. The van der Waals surface area contributed by atoms with Gasteiger partial charge in [0.1, 0.15) is 0 Å². The number of carbonyl (C=O) groups excluding carboxylic acids is 1. The number of phenols is 1. The normalized spacial score (nSPS) is 32.1. The first-order valence-electron chi connectivity index (χ1n) is 8.06. The van der Waals surface area contributed by atoms with Crippen molar-refractivity contribution < 1.29 is 19.4 Å². The zero-order valence-corrected chi connectivity index (χ0v) is 13.4. The summed E-state index contributed by atoms with van der Waals surface area (Å²) in [4.78, 5) is 13.7. The third kappa shape index (κ3) is 2.03. The van der Waals surface area contributed by atoms with Crippen molar-refractivity contribution in [2.24, 2.45) is 0 Å². The van der Waals surface area contributed by atoms with E-state index in [4.69, 9.17) is 9.47 Å². The summed E-state index contributed by atoms with van der Waals surface area (Å²) in [5, 5.41) is 10.1. The van der Waals surface area contributed by atoms with Gasteiger partial charge in [0.2, 0.25) is 0 Å². The Hall–Kier alpha value is -1.85. The van der Waals surface area contributed by atoms with Crippen LogP contribution in [0.25, 0.3) is 0 Å². The van der Waals surface area contributed by atoms with Crippen molar-refractivity contribution in [1.29, 1.82) is 0 Å². The van der Waals surface area contributed by atoms with E-state index in [-0.39, 0.29) is 23.0 Å². The van der Waals surface area contributed by atoms with E-state index in [1.807, 2.05) is 6.07 Å². The number of phenolic OH excluding ortho intramolecular Hbond substituents is 1. The molecule has 23 heavy (non-hydrogen) atoms. The van der Waals surface area contributed by atoms with Crippen LogP contribution >= 0.6 is 0 Å². The van der Waals surface area contributed by atoms with Crippen molar-refractivity contribution >= 4 is 5.97 Å². The number of hydrogen-bond donors (Lipinski definition) is 1. The first-order chi connectivity index (χ1) is 11.0. The van der Waals surface area contributed by atoms with Crippen LogP contribution in [0.5, 0.6) is 11.5 Å². The van der Waals surface area contributed by atoms with Crippen molar-refractivity contribution in [3.8, 4) is 11.5 Å². The second-order valence-electron chi connectivity index (χ2n) is 6.74. The lowest BCUT2D eigenvalue weighted by Gasteiger charge is -2.44. The molecule has 3 atom stereocenters. The molecule has 1 N–H and O–H groups in total. The first-order valence-corrected chi connectivity index (χ1v) is 8.06. The standard InChI is InChI=1S/C18H21NO4/c1-11(20)23-15-8-13-12(7-14(15)21)10-22-17-9-19(2)16-5-3-4-6-18(13,16)17/h4,6-8,16-17,21H,3,5,9-10H2,1-2H3. The number of nitrogens with zero attached hydrogens (tertiary/aromatic N) is 1. The van der Waals surface area contributed by atoms with Gasteiger partial charge < -0.3 is 14.6 Å². The van der Waals surface area contributed by atoms with Gasteiger partial charge in [0.25, 0.3) is 0 Å². The number of hydrogen-bond acceptors (Lipinski definition) is 5. The number of benzene rings is 1. The van der Waals surface area contributed by atoms with Gasteiger partial charge in [0, 0.05) is 19.5 Å². The molecule has 2 aliphatic heterocycles. The molecule has 1 aliphatic carbocycles. The number of ether oxygens (including phenoxy) is 2. The average molecular weight is 315 g/mol. The molecule has 0 amide bonds. The summed E-state index contributed by atoms with van der Waals surface area (Å²) in [7, 11) is 2.14. The molecule has 5 nitrogen and oxygen atoms in total. The molecule has 5 heteroatoms. The topological polar surface area (TPSA) is 59.0 Å². The molecule has 1 spiro atoms. The first kappa shape index (κ1) is 14.7. The van der Waals surface area contributed by atoms with Crippen molar-refractivity contribution in [1.82, 2.24) is 4.90 Å². The van der Waals surface area contributed by atoms with Crippen LogP contribution in [-0.4, -0.2) is 41.7 Å². The minimum Gasteiger partial charge on any atom is -0.504 e. The Balaban J connectivity index is 1.90. The molecule has 122 valence electrons. The highest BCUT2D eigenvalue weighted by Gasteiger charge is 2.56. The van der Waals surface area contributed by atoms with Crippen molar-refractivity contribution in [2.45, 2.75) is 43.9 Å². The van der Waals surface area contributed by atoms with Crippen LogP contribution in [0.3, 0.4) is 0 Å². The molecule has 0 aromatic heterocycles. The molecule has 3 aliphatic rings. The van der Waals surface area contributed by atoms with Crippen LogP contribution in [0.1, 0.15) is 30.9 Å². The highest BCUT2D eigenvalue weighted by Crippen LogP contribution is 2.52. The summed E-state index contributed by atoms with van der Waals surface area (Å²) in [5.74, 6) is -0.209. The maximum atomic E-state index is 11.3. The Kier molecular flexibility index (Phi) is 3.25. The van der Waals surface area contributed by atoms with Crippen molar-refractivity contribution in [3.05, 3.63) is 35.4 Å². The fraction of sp³-hybridized carbons (Fsp3) is 0.500. The second-order valence-corrected chi connectivity index (χ2v) is 6.74. The number of fused-ring (bicyclic) bond motifs is 1. The highest BCUT2D eigenvalue weighted by atomic mass is 16.5. The van der Waals surface area contributed by atoms with Crippen LogP contribution in [-0.2, 0) is 21.6 Å². The number of esters is 1. The maximum Gasteiger partial charge on any atom is 0.308 e. The molecular formula is C18H21NO4. The van der Waals surface area contributed by atoms with E-state index in [0.717, 1.165) is 30.5 Å². The predicted octanol–water partition coefficient (Wildman–Crippen LogP) is 2.12. The summed E-state index contributed by atoms with van der Waals surface area (Å²) in [6, 6.07) is 3.88. The SMILES string of the molecule is CC(=O)Oc1cc2c(cc1O)COC1CN(C)C3CCC=CC213. The fourth-order valence-corrected chi connectivity index (χ4v) is 4.52. The second kappa shape index (κ2) is 5.08. The van der Waals surface area contributed by atoms with Gasteiger partial charge in [-0.1, -0.05) is 12.2 Å². The number of allylic oxidation sites excluding steroid dienone is 1. The highest BCUT2D eigenvalue weighted by molar-refractivity contribution is 5.71. The van der Waals surface area contributed by atoms with Crippen molar-refractivity contribution in [3.63, 3.8) is 0 Å². The lowest BCUT2D eigenvalue weighted by molar-refractivity contribution is -0.132. The zero-order valence-electron chi connectivity index (χ0n) is 13.4. The quantitative estimate of drug-likeness (QED) is 0.489. The predicted molar refractivity (Wildman–Crippen MR) is 84.5 cm³/mol. The number of aromatic hydroxyl groups is 1. The lowest BCUT2D eigenvalue weighted by Crippen LogP contribution is -2.49. The molecule has 1 saturated heterocycles. The molecule has 0 saturated carbocycles. The minimum atomic E-state index is -0.430. The van der Waals surface area contributed by atoms with Gasteiger partial charge in [-0.3, -0.25) is 9.69 Å². The Morgan fingerprint density at radius 2 is 2.30 bits per heavy atom. The Morgan fingerprint density at radius 1 is 1.48 bits per heavy atom. The smallest absolute Gasteiger partial charge is 0.308 e. The van der Waals surface area contributed by atoms with Gasteiger partial charge in [0.15, 0.2) is 11.5 Å². The Morgan fingerprint density at radius 3 is 3.09 bits per heavy atom. The summed E-state index contributed by atoms with van der Waals surface area (Å²) in [6.07, 6.45) is 6.72. The minimum absolute atomic E-state index is 0.0138. The van der Waals surface area contributed by atoms with Gasteiger partial charge in [-0.05, 0) is 43.1 Å². The van der Waals surface area contributed by atoms with Crippen LogP contribution in [0, 0.1) is 0 Å². The number of carbonyl (C=O) groups is 1. The summed E-state index contributed by atoms with van der Waals surface area (Å²) < 4.78 is 11.3. The third-order valence-electron chi connectivity index (χ3n) is 5.42. The molecule has 2 heterocycles. The zero-order chi connectivity index (χ0) is 16.2. The van der Waals surface area contributed by atoms with Crippen molar-refractivity contribution in [2.75, 3.05) is 13.6 Å². The van der Waals surface area contributed by atoms with Crippen LogP contribution in [0.2, 0.25) is 0 Å². The molecule has 4 rings (SSSR count). The van der Waals surface area contributed by atoms with Gasteiger partial charge >= 0.3 is 5.97 Å². The van der Waals surface area contributed by atoms with E-state index in [9.17, 15) is 9.90 Å². The van der Waals surface area contributed by atoms with Gasteiger partial charge in [-0.2, -0.15) is 0 Å². The number of rotatable bonds is 1. The van der Waals surface area contributed by atoms with E-state index in [1.54, 1.807) is 6.07 Å². The Labute approximate surface area is 135 Å². The summed E-state index contributed by atoms with van der Waals surface area (Å²) in [6.45, 7) is 2.71. The summed E-state index contributed by atoms with van der Waals surface area (Å²) in [5.41, 5.74) is 1.87. The average Bonchev–Trinajstić information content (AvgIpc) is 2.81. The van der Waals surface area contributed by atoms with E-state index in [2.05, 4.69) is 24.1 Å². The van der Waals surface area contributed by atoms with E-state index in [1.165, 1.54) is 6.92 Å². The van der Waals surface area contributed by atoms with Crippen LogP contribution in [0.15, 0.2) is 24.3 Å². The monoisotopic (exact) mass is 315 g/mol. The van der Waals surface area contributed by atoms with Gasteiger partial charge in [-0.25, -0.2) is 0 Å². The Bertz CT molecular complexity index is 699. The molecule has 3 unspecified atom stereocenters. The molecular weight excluding hydrogens is 294 g/mol. The van der Waals surface area contributed by atoms with Gasteiger partial charge in [-0.15, -0.1) is 0 Å². The fourth-order valence-electron chi connectivity index (χ4n) is 4.52. The third-order valence-corrected chi connectivity index (χ3v) is 5.42. The molecule has 0 bridgehead atoms. The van der Waals surface area contributed by atoms with Crippen LogP contribution in [0.4, 0.5) is 0 Å². The lowest BCUT2D eigenvalue weighted by atomic mass is 9.66. The molecule has 1 aromatic carbocycles. The molecule has 0 radical (unpaired) electrons. The number of likely N-dealkylation sites (tertiary alicyclic amines) is 1. The maximum absolute atomic E-state index is 11.3. The van der Waals surface area contributed by atoms with E-state index < -0.39 is 5.97 Å². The summed E-state index contributed by atoms with van der Waals surface area (Å²) >= 11 is 0. The van der Waals surface area contributed by atoms with Gasteiger partial charge in [0.05, 0.1) is 18.1 Å². The van der Waals surface area contributed by atoms with E-state index in [0.29, 0.717) is 12.6 Å². The largest absolute Gasteiger partial charge is 0.504 e. The number of likely N-dealkylation sites (N-methyl/N-ethyl adjacent to an activating group) is 1. The van der Waals surface area contributed by atoms with E-state index >= 15 is 0 Å². The molecule has 1 aromatic rings.